The van der Waals surface area contributed by atoms with Gasteiger partial charge in [0.05, 0.1) is 6.33 Å². The summed E-state index contributed by atoms with van der Waals surface area (Å²) in [6.07, 6.45) is 3.52. The highest BCUT2D eigenvalue weighted by molar-refractivity contribution is 5.44. The van der Waals surface area contributed by atoms with E-state index in [0.717, 1.165) is 0 Å². The highest BCUT2D eigenvalue weighted by Gasteiger charge is 2.07. The van der Waals surface area contributed by atoms with Crippen LogP contribution in [0.25, 0.3) is 11.6 Å². The van der Waals surface area contributed by atoms with E-state index in [1.807, 2.05) is 17.8 Å². The van der Waals surface area contributed by atoms with Gasteiger partial charge >= 0.3 is 0 Å². The zero-order valence-corrected chi connectivity index (χ0v) is 6.85. The maximum Gasteiger partial charge on any atom is 0.278 e. The summed E-state index contributed by atoms with van der Waals surface area (Å²) in [6.45, 7) is 1.77. The van der Waals surface area contributed by atoms with Crippen molar-refractivity contribution in [2.45, 2.75) is 6.92 Å². The minimum absolute atomic E-state index is 0.466. The van der Waals surface area contributed by atoms with Crippen LogP contribution in [0.15, 0.2) is 17.0 Å². The molecule has 0 aliphatic heterocycles. The summed E-state index contributed by atoms with van der Waals surface area (Å²) in [5.74, 6) is 1.09. The largest absolute Gasteiger partial charge is 0.340 e. The average molecular weight is 164 g/mol. The molecule has 5 heteroatoms. The second kappa shape index (κ2) is 2.44. The van der Waals surface area contributed by atoms with Gasteiger partial charge in [-0.05, 0) is 6.92 Å². The molecule has 5 nitrogen and oxygen atoms in total. The number of aromatic nitrogens is 4. The number of hydrogen-bond donors (Lipinski definition) is 0. The van der Waals surface area contributed by atoms with Gasteiger partial charge in [-0.2, -0.15) is 4.98 Å². The van der Waals surface area contributed by atoms with Gasteiger partial charge in [-0.25, -0.2) is 4.98 Å². The first-order valence-corrected chi connectivity index (χ1v) is 3.54. The van der Waals surface area contributed by atoms with Crippen molar-refractivity contribution < 1.29 is 4.52 Å². The Morgan fingerprint density at radius 3 is 2.83 bits per heavy atom. The monoisotopic (exact) mass is 164 g/mol. The molecule has 0 N–H and O–H groups in total. The molecule has 0 saturated carbocycles. The Labute approximate surface area is 69.0 Å². The van der Waals surface area contributed by atoms with Gasteiger partial charge in [0.1, 0.15) is 5.69 Å². The first kappa shape index (κ1) is 7.02. The summed E-state index contributed by atoms with van der Waals surface area (Å²) in [7, 11) is 1.89. The predicted octanol–water partition coefficient (Wildman–Crippen LogP) is 0.779. The molecule has 0 spiro atoms. The molecule has 62 valence electrons. The molecule has 2 heterocycles. The van der Waals surface area contributed by atoms with E-state index < -0.39 is 0 Å². The third-order valence-corrected chi connectivity index (χ3v) is 1.45. The lowest BCUT2D eigenvalue weighted by Gasteiger charge is -1.82. The van der Waals surface area contributed by atoms with Crippen molar-refractivity contribution in [1.29, 1.82) is 0 Å². The van der Waals surface area contributed by atoms with Crippen LogP contribution in [-0.4, -0.2) is 19.7 Å². The summed E-state index contributed by atoms with van der Waals surface area (Å²) >= 11 is 0. The molecule has 12 heavy (non-hydrogen) atoms. The Kier molecular flexibility index (Phi) is 1.43. The molecule has 0 aliphatic carbocycles. The second-order valence-corrected chi connectivity index (χ2v) is 2.57. The Hall–Kier alpha value is -1.65. The Balaban J connectivity index is 2.43. The average Bonchev–Trinajstić information content (AvgIpc) is 2.58. The van der Waals surface area contributed by atoms with E-state index >= 15 is 0 Å². The third-order valence-electron chi connectivity index (χ3n) is 1.45. The molecule has 0 bridgehead atoms. The van der Waals surface area contributed by atoms with Crippen molar-refractivity contribution >= 4 is 0 Å². The number of imidazole rings is 1. The van der Waals surface area contributed by atoms with Gasteiger partial charge in [0.15, 0.2) is 5.82 Å². The van der Waals surface area contributed by atoms with Gasteiger partial charge in [-0.1, -0.05) is 5.16 Å². The standard InChI is InChI=1S/C7H8N4O/c1-5-9-7(12-10-5)6-3-11(2)4-8-6/h3-4H,1-2H3. The molecule has 2 aromatic rings. The molecular weight excluding hydrogens is 156 g/mol. The zero-order chi connectivity index (χ0) is 8.55. The van der Waals surface area contributed by atoms with Crippen molar-refractivity contribution in [3.8, 4) is 11.6 Å². The smallest absolute Gasteiger partial charge is 0.278 e. The van der Waals surface area contributed by atoms with E-state index in [1.54, 1.807) is 13.3 Å². The van der Waals surface area contributed by atoms with Crippen LogP contribution in [0.4, 0.5) is 0 Å². The summed E-state index contributed by atoms with van der Waals surface area (Å²) in [4.78, 5) is 8.11. The Bertz CT molecular complexity index is 351. The SMILES string of the molecule is Cc1noc(-c2cn(C)cn2)n1. The summed E-state index contributed by atoms with van der Waals surface area (Å²) in [5.41, 5.74) is 0.707. The van der Waals surface area contributed by atoms with Gasteiger partial charge in [0.25, 0.3) is 5.89 Å². The number of hydrogen-bond acceptors (Lipinski definition) is 4. The lowest BCUT2D eigenvalue weighted by atomic mass is 10.5. The van der Waals surface area contributed by atoms with E-state index in [1.165, 1.54) is 0 Å². The van der Waals surface area contributed by atoms with E-state index in [9.17, 15) is 0 Å². The molecule has 0 fully saturated rings. The Morgan fingerprint density at radius 2 is 2.33 bits per heavy atom. The third kappa shape index (κ3) is 1.09. The summed E-state index contributed by atoms with van der Waals surface area (Å²) < 4.78 is 6.75. The molecule has 0 aromatic carbocycles. The molecule has 0 aliphatic rings. The molecule has 0 unspecified atom stereocenters. The van der Waals surface area contributed by atoms with Gasteiger partial charge < -0.3 is 9.09 Å². The first-order valence-electron chi connectivity index (χ1n) is 3.54. The maximum atomic E-state index is 4.93. The fourth-order valence-corrected chi connectivity index (χ4v) is 0.924. The Morgan fingerprint density at radius 1 is 1.50 bits per heavy atom. The van der Waals surface area contributed by atoms with Gasteiger partial charge in [-0.15, -0.1) is 0 Å². The van der Waals surface area contributed by atoms with Crippen molar-refractivity contribution in [1.82, 2.24) is 19.7 Å². The number of nitrogens with zero attached hydrogens (tertiary/aromatic N) is 4. The van der Waals surface area contributed by atoms with E-state index in [-0.39, 0.29) is 0 Å². The minimum atomic E-state index is 0.466. The first-order chi connectivity index (χ1) is 5.75. The minimum Gasteiger partial charge on any atom is -0.340 e. The van der Waals surface area contributed by atoms with Crippen molar-refractivity contribution in [2.75, 3.05) is 0 Å². The highest BCUT2D eigenvalue weighted by atomic mass is 16.5. The van der Waals surface area contributed by atoms with Crippen LogP contribution in [0.1, 0.15) is 5.82 Å². The van der Waals surface area contributed by atoms with Crippen LogP contribution in [0.5, 0.6) is 0 Å². The van der Waals surface area contributed by atoms with Crippen LogP contribution < -0.4 is 0 Å². The predicted molar refractivity (Wildman–Crippen MR) is 41.2 cm³/mol. The van der Waals surface area contributed by atoms with Crippen molar-refractivity contribution in [3.63, 3.8) is 0 Å². The van der Waals surface area contributed by atoms with E-state index in [2.05, 4.69) is 15.1 Å². The van der Waals surface area contributed by atoms with E-state index in [0.29, 0.717) is 17.4 Å². The van der Waals surface area contributed by atoms with E-state index in [4.69, 9.17) is 4.52 Å². The topological polar surface area (TPSA) is 56.7 Å². The lowest BCUT2D eigenvalue weighted by Crippen LogP contribution is -1.78. The van der Waals surface area contributed by atoms with Crippen LogP contribution in [0, 0.1) is 6.92 Å². The summed E-state index contributed by atoms with van der Waals surface area (Å²) in [6, 6.07) is 0. The normalized spacial score (nSPS) is 10.5. The van der Waals surface area contributed by atoms with Crippen LogP contribution in [0.3, 0.4) is 0 Å². The summed E-state index contributed by atoms with van der Waals surface area (Å²) in [5, 5.41) is 3.67. The maximum absolute atomic E-state index is 4.93. The molecule has 0 amide bonds. The van der Waals surface area contributed by atoms with Crippen LogP contribution in [0.2, 0.25) is 0 Å². The van der Waals surface area contributed by atoms with Crippen molar-refractivity contribution in [3.05, 3.63) is 18.3 Å². The zero-order valence-electron chi connectivity index (χ0n) is 6.85. The van der Waals surface area contributed by atoms with Crippen molar-refractivity contribution in [2.24, 2.45) is 7.05 Å². The highest BCUT2D eigenvalue weighted by Crippen LogP contribution is 2.12. The molecule has 2 aromatic heterocycles. The van der Waals surface area contributed by atoms with Crippen LogP contribution in [-0.2, 0) is 7.05 Å². The number of rotatable bonds is 1. The molecule has 0 radical (unpaired) electrons. The van der Waals surface area contributed by atoms with Gasteiger partial charge in [0.2, 0.25) is 0 Å². The molecule has 2 rings (SSSR count). The molecular formula is C7H8N4O. The fraction of sp³-hybridized carbons (Fsp3) is 0.286. The molecule has 0 saturated heterocycles. The molecule has 0 atom stereocenters. The van der Waals surface area contributed by atoms with Gasteiger partial charge in [-0.3, -0.25) is 0 Å². The van der Waals surface area contributed by atoms with Gasteiger partial charge in [0, 0.05) is 13.2 Å². The lowest BCUT2D eigenvalue weighted by molar-refractivity contribution is 0.424. The quantitative estimate of drug-likeness (QED) is 0.624. The van der Waals surface area contributed by atoms with Crippen LogP contribution >= 0.6 is 0 Å². The fourth-order valence-electron chi connectivity index (χ4n) is 0.924. The number of aryl methyl sites for hydroxylation is 2. The second-order valence-electron chi connectivity index (χ2n) is 2.57.